The van der Waals surface area contributed by atoms with Crippen LogP contribution in [0.5, 0.6) is 5.75 Å². The molecular weight excluding hydrogens is 253 g/mol. The minimum absolute atomic E-state index is 0.172. The van der Waals surface area contributed by atoms with Gasteiger partial charge in [-0.15, -0.1) is 0 Å². The molecule has 0 bridgehead atoms. The Morgan fingerprint density at radius 2 is 1.90 bits per heavy atom. The first-order valence-electron chi connectivity index (χ1n) is 6.66. The van der Waals surface area contributed by atoms with Crippen LogP contribution in [-0.4, -0.2) is 7.11 Å². The third-order valence-electron chi connectivity index (χ3n) is 3.53. The lowest BCUT2D eigenvalue weighted by Crippen LogP contribution is -2.15. The summed E-state index contributed by atoms with van der Waals surface area (Å²) in [6.45, 7) is 3.93. The van der Waals surface area contributed by atoms with Crippen molar-refractivity contribution in [2.45, 2.75) is 26.3 Å². The summed E-state index contributed by atoms with van der Waals surface area (Å²) in [5, 5.41) is 0. The predicted octanol–water partition coefficient (Wildman–Crippen LogP) is 3.69. The molecule has 2 rings (SSSR count). The number of ether oxygens (including phenoxy) is 1. The number of halogens is 1. The standard InChI is InChI=1S/C17H20FNO/c1-11-4-7-17(20-3)15(8-11)16(19)10-13-5-6-14(18)9-12(13)2/h4-9,16H,10,19H2,1-3H3. The molecule has 1 unspecified atom stereocenters. The molecule has 0 aliphatic heterocycles. The van der Waals surface area contributed by atoms with Gasteiger partial charge in [-0.2, -0.15) is 0 Å². The van der Waals surface area contributed by atoms with E-state index in [1.54, 1.807) is 13.2 Å². The van der Waals surface area contributed by atoms with Crippen molar-refractivity contribution in [1.29, 1.82) is 0 Å². The van der Waals surface area contributed by atoms with Gasteiger partial charge in [-0.1, -0.05) is 23.8 Å². The van der Waals surface area contributed by atoms with Gasteiger partial charge in [0, 0.05) is 11.6 Å². The van der Waals surface area contributed by atoms with E-state index in [2.05, 4.69) is 0 Å². The molecule has 0 fully saturated rings. The van der Waals surface area contributed by atoms with E-state index in [9.17, 15) is 4.39 Å². The third kappa shape index (κ3) is 3.17. The van der Waals surface area contributed by atoms with E-state index in [1.807, 2.05) is 32.0 Å². The first kappa shape index (κ1) is 14.5. The molecule has 2 N–H and O–H groups in total. The molecule has 20 heavy (non-hydrogen) atoms. The average Bonchev–Trinajstić information content (AvgIpc) is 2.41. The topological polar surface area (TPSA) is 35.2 Å². The molecule has 0 amide bonds. The van der Waals surface area contributed by atoms with Crippen LogP contribution < -0.4 is 10.5 Å². The van der Waals surface area contributed by atoms with Gasteiger partial charge in [-0.05, 0) is 49.6 Å². The monoisotopic (exact) mass is 273 g/mol. The SMILES string of the molecule is COc1ccc(C)cc1C(N)Cc1ccc(F)cc1C. The fourth-order valence-electron chi connectivity index (χ4n) is 2.38. The molecule has 2 aromatic carbocycles. The molecule has 2 nitrogen and oxygen atoms in total. The first-order valence-corrected chi connectivity index (χ1v) is 6.66. The van der Waals surface area contributed by atoms with Crippen LogP contribution in [0.15, 0.2) is 36.4 Å². The van der Waals surface area contributed by atoms with Gasteiger partial charge < -0.3 is 10.5 Å². The molecule has 3 heteroatoms. The van der Waals surface area contributed by atoms with Crippen LogP contribution in [0, 0.1) is 19.7 Å². The molecule has 0 heterocycles. The van der Waals surface area contributed by atoms with E-state index in [1.165, 1.54) is 12.1 Å². The lowest BCUT2D eigenvalue weighted by molar-refractivity contribution is 0.405. The van der Waals surface area contributed by atoms with E-state index in [0.29, 0.717) is 6.42 Å². The number of rotatable bonds is 4. The lowest BCUT2D eigenvalue weighted by atomic mass is 9.95. The van der Waals surface area contributed by atoms with Crippen molar-refractivity contribution in [3.8, 4) is 5.75 Å². The van der Waals surface area contributed by atoms with Gasteiger partial charge in [0.25, 0.3) is 0 Å². The highest BCUT2D eigenvalue weighted by atomic mass is 19.1. The summed E-state index contributed by atoms with van der Waals surface area (Å²) in [4.78, 5) is 0. The minimum atomic E-state index is -0.215. The van der Waals surface area contributed by atoms with Gasteiger partial charge in [0.15, 0.2) is 0 Å². The van der Waals surface area contributed by atoms with Crippen LogP contribution in [0.3, 0.4) is 0 Å². The van der Waals surface area contributed by atoms with Crippen LogP contribution in [0.2, 0.25) is 0 Å². The third-order valence-corrected chi connectivity index (χ3v) is 3.53. The molecule has 0 aliphatic carbocycles. The smallest absolute Gasteiger partial charge is 0.123 e. The van der Waals surface area contributed by atoms with Crippen molar-refractivity contribution >= 4 is 0 Å². The van der Waals surface area contributed by atoms with Gasteiger partial charge in [0.2, 0.25) is 0 Å². The van der Waals surface area contributed by atoms with E-state index >= 15 is 0 Å². The Kier molecular flexibility index (Phi) is 4.40. The molecule has 0 aromatic heterocycles. The minimum Gasteiger partial charge on any atom is -0.496 e. The van der Waals surface area contributed by atoms with Crippen molar-refractivity contribution in [2.75, 3.05) is 7.11 Å². The summed E-state index contributed by atoms with van der Waals surface area (Å²) < 4.78 is 18.5. The van der Waals surface area contributed by atoms with Crippen LogP contribution in [0.4, 0.5) is 4.39 Å². The van der Waals surface area contributed by atoms with Gasteiger partial charge in [0.1, 0.15) is 11.6 Å². The zero-order chi connectivity index (χ0) is 14.7. The second-order valence-electron chi connectivity index (χ2n) is 5.13. The van der Waals surface area contributed by atoms with Crippen molar-refractivity contribution < 1.29 is 9.13 Å². The highest BCUT2D eigenvalue weighted by Crippen LogP contribution is 2.28. The van der Waals surface area contributed by atoms with Crippen molar-refractivity contribution in [1.82, 2.24) is 0 Å². The zero-order valence-corrected chi connectivity index (χ0v) is 12.1. The van der Waals surface area contributed by atoms with Crippen molar-refractivity contribution in [3.63, 3.8) is 0 Å². The van der Waals surface area contributed by atoms with E-state index in [-0.39, 0.29) is 11.9 Å². The molecular formula is C17H20FNO. The second kappa shape index (κ2) is 6.06. The summed E-state index contributed by atoms with van der Waals surface area (Å²) in [6.07, 6.45) is 0.659. The van der Waals surface area contributed by atoms with Gasteiger partial charge in [-0.3, -0.25) is 0 Å². The Balaban J connectivity index is 2.27. The Bertz CT molecular complexity index is 610. The largest absolute Gasteiger partial charge is 0.496 e. The zero-order valence-electron chi connectivity index (χ0n) is 12.1. The van der Waals surface area contributed by atoms with Crippen molar-refractivity contribution in [2.24, 2.45) is 5.73 Å². The van der Waals surface area contributed by atoms with Gasteiger partial charge >= 0.3 is 0 Å². The molecule has 106 valence electrons. The lowest BCUT2D eigenvalue weighted by Gasteiger charge is -2.17. The number of aryl methyl sites for hydroxylation is 2. The number of nitrogens with two attached hydrogens (primary N) is 1. The maximum Gasteiger partial charge on any atom is 0.123 e. The van der Waals surface area contributed by atoms with Crippen LogP contribution in [0.1, 0.15) is 28.3 Å². The summed E-state index contributed by atoms with van der Waals surface area (Å²) in [5.74, 6) is 0.579. The van der Waals surface area contributed by atoms with Gasteiger partial charge in [0.05, 0.1) is 7.11 Å². The first-order chi connectivity index (χ1) is 9.51. The Labute approximate surface area is 119 Å². The van der Waals surface area contributed by atoms with Crippen LogP contribution in [0.25, 0.3) is 0 Å². The van der Waals surface area contributed by atoms with Crippen LogP contribution >= 0.6 is 0 Å². The van der Waals surface area contributed by atoms with Crippen molar-refractivity contribution in [3.05, 3.63) is 64.5 Å². The molecule has 0 spiro atoms. The summed E-state index contributed by atoms with van der Waals surface area (Å²) in [7, 11) is 1.64. The van der Waals surface area contributed by atoms with Crippen LogP contribution in [-0.2, 0) is 6.42 Å². The van der Waals surface area contributed by atoms with E-state index < -0.39 is 0 Å². The highest BCUT2D eigenvalue weighted by Gasteiger charge is 2.14. The Morgan fingerprint density at radius 3 is 2.55 bits per heavy atom. The maximum atomic E-state index is 13.1. The predicted molar refractivity (Wildman–Crippen MR) is 79.5 cm³/mol. The number of methoxy groups -OCH3 is 1. The molecule has 0 aliphatic rings. The molecule has 0 radical (unpaired) electrons. The maximum absolute atomic E-state index is 13.1. The number of benzene rings is 2. The Morgan fingerprint density at radius 1 is 1.15 bits per heavy atom. The second-order valence-corrected chi connectivity index (χ2v) is 5.13. The average molecular weight is 273 g/mol. The molecule has 1 atom stereocenters. The highest BCUT2D eigenvalue weighted by molar-refractivity contribution is 5.40. The summed E-state index contributed by atoms with van der Waals surface area (Å²) in [5.41, 5.74) is 10.4. The molecule has 2 aromatic rings. The summed E-state index contributed by atoms with van der Waals surface area (Å²) in [6, 6.07) is 10.6. The van der Waals surface area contributed by atoms with Gasteiger partial charge in [-0.25, -0.2) is 4.39 Å². The quantitative estimate of drug-likeness (QED) is 0.922. The summed E-state index contributed by atoms with van der Waals surface area (Å²) >= 11 is 0. The van der Waals surface area contributed by atoms with E-state index in [4.69, 9.17) is 10.5 Å². The number of hydrogen-bond donors (Lipinski definition) is 1. The Hall–Kier alpha value is -1.87. The molecule has 0 saturated carbocycles. The normalized spacial score (nSPS) is 12.2. The fourth-order valence-corrected chi connectivity index (χ4v) is 2.38. The fraction of sp³-hybridized carbons (Fsp3) is 0.294. The molecule has 0 saturated heterocycles. The van der Waals surface area contributed by atoms with E-state index in [0.717, 1.165) is 28.0 Å². The number of hydrogen-bond acceptors (Lipinski definition) is 2.